The number of hydrogen-bond donors (Lipinski definition) is 1. The molecule has 2 heterocycles. The Morgan fingerprint density at radius 2 is 2.14 bits per heavy atom. The molecule has 0 aliphatic heterocycles. The molecule has 1 atom stereocenters. The zero-order valence-corrected chi connectivity index (χ0v) is 8.65. The number of rotatable bonds is 1. The molecule has 0 aliphatic rings. The number of imidazole rings is 1. The van der Waals surface area contributed by atoms with E-state index in [1.807, 2.05) is 31.2 Å². The second-order valence-electron chi connectivity index (χ2n) is 3.63. The van der Waals surface area contributed by atoms with Crippen LogP contribution in [0.5, 0.6) is 0 Å². The predicted octanol–water partition coefficient (Wildman–Crippen LogP) is 1.37. The van der Waals surface area contributed by atoms with Gasteiger partial charge >= 0.3 is 0 Å². The van der Waals surface area contributed by atoms with Crippen molar-refractivity contribution < 1.29 is 0 Å². The summed E-state index contributed by atoms with van der Waals surface area (Å²) in [4.78, 5) is 8.69. The topological polar surface area (TPSA) is 56.2 Å². The van der Waals surface area contributed by atoms with Crippen molar-refractivity contribution in [1.82, 2.24) is 14.4 Å². The van der Waals surface area contributed by atoms with E-state index < -0.39 is 0 Å². The van der Waals surface area contributed by atoms with Crippen LogP contribution in [0.4, 0.5) is 0 Å². The van der Waals surface area contributed by atoms with Crippen LogP contribution >= 0.6 is 0 Å². The molecule has 2 N–H and O–H groups in total. The molecule has 0 saturated heterocycles. The van der Waals surface area contributed by atoms with Gasteiger partial charge in [-0.1, -0.05) is 0 Å². The first kappa shape index (κ1) is 9.15. The van der Waals surface area contributed by atoms with E-state index >= 15 is 0 Å². The molecule has 2 rings (SSSR count). The molecule has 14 heavy (non-hydrogen) atoms. The number of aryl methyl sites for hydroxylation is 2. The molecule has 2 aromatic rings. The summed E-state index contributed by atoms with van der Waals surface area (Å²) in [5.74, 6) is 0. The molecule has 74 valence electrons. The van der Waals surface area contributed by atoms with Crippen molar-refractivity contribution in [3.05, 3.63) is 29.5 Å². The van der Waals surface area contributed by atoms with E-state index in [4.69, 9.17) is 5.73 Å². The van der Waals surface area contributed by atoms with Gasteiger partial charge in [0.25, 0.3) is 0 Å². The van der Waals surface area contributed by atoms with Crippen LogP contribution in [0.3, 0.4) is 0 Å². The number of aromatic nitrogens is 3. The van der Waals surface area contributed by atoms with Crippen LogP contribution in [0.15, 0.2) is 12.4 Å². The van der Waals surface area contributed by atoms with Gasteiger partial charge in [0, 0.05) is 23.5 Å². The van der Waals surface area contributed by atoms with E-state index in [1.165, 1.54) is 0 Å². The van der Waals surface area contributed by atoms with E-state index in [9.17, 15) is 0 Å². The lowest BCUT2D eigenvalue weighted by Crippen LogP contribution is -2.07. The van der Waals surface area contributed by atoms with E-state index in [2.05, 4.69) is 9.97 Å². The second-order valence-corrected chi connectivity index (χ2v) is 3.63. The summed E-state index contributed by atoms with van der Waals surface area (Å²) in [6.45, 7) is 5.90. The highest BCUT2D eigenvalue weighted by atomic mass is 15.1. The van der Waals surface area contributed by atoms with Gasteiger partial charge in [-0.2, -0.15) is 0 Å². The first-order valence-corrected chi connectivity index (χ1v) is 4.66. The number of hydrogen-bond acceptors (Lipinski definition) is 3. The Hall–Kier alpha value is -1.42. The van der Waals surface area contributed by atoms with Gasteiger partial charge in [-0.05, 0) is 20.8 Å². The van der Waals surface area contributed by atoms with Gasteiger partial charge in [0.2, 0.25) is 0 Å². The first-order valence-electron chi connectivity index (χ1n) is 4.66. The maximum absolute atomic E-state index is 5.82. The molecule has 0 aliphatic carbocycles. The molecule has 0 spiro atoms. The quantitative estimate of drug-likeness (QED) is 0.738. The van der Waals surface area contributed by atoms with Crippen molar-refractivity contribution in [3.63, 3.8) is 0 Å². The van der Waals surface area contributed by atoms with Gasteiger partial charge in [0.1, 0.15) is 12.0 Å². The third-order valence-corrected chi connectivity index (χ3v) is 2.36. The molecular weight excluding hydrogens is 176 g/mol. The van der Waals surface area contributed by atoms with E-state index in [-0.39, 0.29) is 6.04 Å². The van der Waals surface area contributed by atoms with Gasteiger partial charge in [-0.3, -0.25) is 4.40 Å². The Bertz CT molecular complexity index is 470. The third kappa shape index (κ3) is 1.28. The van der Waals surface area contributed by atoms with Crippen LogP contribution in [-0.2, 0) is 0 Å². The lowest BCUT2D eigenvalue weighted by Gasteiger charge is -2.01. The van der Waals surface area contributed by atoms with Crippen molar-refractivity contribution in [3.8, 4) is 0 Å². The minimum absolute atomic E-state index is 0.0322. The molecule has 0 bridgehead atoms. The van der Waals surface area contributed by atoms with Gasteiger partial charge in [0.15, 0.2) is 0 Å². The first-order chi connectivity index (χ1) is 6.59. The molecule has 4 heteroatoms. The van der Waals surface area contributed by atoms with Crippen LogP contribution < -0.4 is 5.73 Å². The smallest absolute Gasteiger partial charge is 0.140 e. The van der Waals surface area contributed by atoms with Gasteiger partial charge < -0.3 is 5.73 Å². The van der Waals surface area contributed by atoms with E-state index in [0.717, 1.165) is 22.7 Å². The fourth-order valence-electron chi connectivity index (χ4n) is 1.61. The van der Waals surface area contributed by atoms with Crippen molar-refractivity contribution in [2.24, 2.45) is 5.73 Å². The predicted molar refractivity (Wildman–Crippen MR) is 55.1 cm³/mol. The summed E-state index contributed by atoms with van der Waals surface area (Å²) >= 11 is 0. The molecule has 4 nitrogen and oxygen atoms in total. The average Bonchev–Trinajstić information content (AvgIpc) is 2.43. The van der Waals surface area contributed by atoms with Gasteiger partial charge in [-0.15, -0.1) is 0 Å². The molecule has 0 fully saturated rings. The molecule has 0 amide bonds. The zero-order valence-electron chi connectivity index (χ0n) is 8.65. The fraction of sp³-hybridized carbons (Fsp3) is 0.400. The monoisotopic (exact) mass is 190 g/mol. The van der Waals surface area contributed by atoms with Crippen LogP contribution in [0.25, 0.3) is 5.65 Å². The highest BCUT2D eigenvalue weighted by Crippen LogP contribution is 2.16. The van der Waals surface area contributed by atoms with E-state index in [1.54, 1.807) is 6.33 Å². The summed E-state index contributed by atoms with van der Waals surface area (Å²) in [6, 6.07) is 1.93. The molecule has 1 unspecified atom stereocenters. The van der Waals surface area contributed by atoms with Gasteiger partial charge in [0.05, 0.1) is 5.69 Å². The minimum atomic E-state index is -0.0322. The summed E-state index contributed by atoms with van der Waals surface area (Å²) in [6.07, 6.45) is 1.79. The zero-order chi connectivity index (χ0) is 10.3. The number of fused-ring (bicyclic) bond motifs is 1. The summed E-state index contributed by atoms with van der Waals surface area (Å²) in [7, 11) is 0. The number of nitrogens with two attached hydrogens (primary N) is 1. The van der Waals surface area contributed by atoms with Crippen molar-refractivity contribution in [2.45, 2.75) is 26.8 Å². The Balaban J connectivity index is 2.73. The standard InChI is InChI=1S/C10H14N4/c1-6-4-9-13-10(7(2)11)8(3)14(9)5-12-6/h4-5,7H,11H2,1-3H3. The summed E-state index contributed by atoms with van der Waals surface area (Å²) < 4.78 is 1.96. The normalized spacial score (nSPS) is 13.4. The Labute approximate surface area is 82.8 Å². The van der Waals surface area contributed by atoms with Crippen LogP contribution in [0, 0.1) is 13.8 Å². The minimum Gasteiger partial charge on any atom is -0.323 e. The lowest BCUT2D eigenvalue weighted by atomic mass is 10.2. The van der Waals surface area contributed by atoms with Gasteiger partial charge in [-0.25, -0.2) is 9.97 Å². The molecule has 0 saturated carbocycles. The average molecular weight is 190 g/mol. The third-order valence-electron chi connectivity index (χ3n) is 2.36. The Morgan fingerprint density at radius 1 is 1.43 bits per heavy atom. The summed E-state index contributed by atoms with van der Waals surface area (Å²) in [5, 5.41) is 0. The Morgan fingerprint density at radius 3 is 2.79 bits per heavy atom. The Kier molecular flexibility index (Phi) is 2.00. The maximum Gasteiger partial charge on any atom is 0.140 e. The molecule has 2 aromatic heterocycles. The highest BCUT2D eigenvalue weighted by molar-refractivity contribution is 5.43. The van der Waals surface area contributed by atoms with Crippen LogP contribution in [0.2, 0.25) is 0 Å². The molecule has 0 aromatic carbocycles. The van der Waals surface area contributed by atoms with Crippen molar-refractivity contribution >= 4 is 5.65 Å². The maximum atomic E-state index is 5.82. The van der Waals surface area contributed by atoms with Crippen LogP contribution in [-0.4, -0.2) is 14.4 Å². The SMILES string of the molecule is Cc1cc2nc(C(C)N)c(C)n2cn1. The van der Waals surface area contributed by atoms with Crippen molar-refractivity contribution in [2.75, 3.05) is 0 Å². The number of nitrogens with zero attached hydrogens (tertiary/aromatic N) is 3. The molecular formula is C10H14N4. The fourth-order valence-corrected chi connectivity index (χ4v) is 1.61. The highest BCUT2D eigenvalue weighted by Gasteiger charge is 2.11. The summed E-state index contributed by atoms with van der Waals surface area (Å²) in [5.41, 5.74) is 9.72. The largest absolute Gasteiger partial charge is 0.323 e. The van der Waals surface area contributed by atoms with Crippen LogP contribution in [0.1, 0.15) is 30.0 Å². The molecule has 0 radical (unpaired) electrons. The lowest BCUT2D eigenvalue weighted by molar-refractivity contribution is 0.779. The second kappa shape index (κ2) is 3.06. The van der Waals surface area contributed by atoms with Crippen molar-refractivity contribution in [1.29, 1.82) is 0 Å². The van der Waals surface area contributed by atoms with E-state index in [0.29, 0.717) is 0 Å².